The first-order chi connectivity index (χ1) is 12.0. The smallest absolute Gasteiger partial charge is 0.382 e. The molecule has 0 N–H and O–H groups in total. The van der Waals surface area contributed by atoms with Crippen LogP contribution in [0.25, 0.3) is 0 Å². The fourth-order valence-corrected chi connectivity index (χ4v) is 2.61. The maximum absolute atomic E-state index is 12.6. The molecule has 0 radical (unpaired) electrons. The Bertz CT molecular complexity index is 724. The Morgan fingerprint density at radius 3 is 2.48 bits per heavy atom. The second-order valence-electron chi connectivity index (χ2n) is 5.95. The van der Waals surface area contributed by atoms with Crippen LogP contribution in [0.1, 0.15) is 49.3 Å². The number of ether oxygens (including phenoxy) is 2. The fourth-order valence-electron chi connectivity index (χ4n) is 2.61. The summed E-state index contributed by atoms with van der Waals surface area (Å²) >= 11 is 0. The number of benzene rings is 1. The summed E-state index contributed by atoms with van der Waals surface area (Å²) in [4.78, 5) is 23.9. The van der Waals surface area contributed by atoms with Gasteiger partial charge in [-0.2, -0.15) is 0 Å². The third-order valence-corrected chi connectivity index (χ3v) is 4.10. The highest BCUT2D eigenvalue weighted by Gasteiger charge is 2.28. The molecule has 0 aliphatic carbocycles. The maximum Gasteiger partial charge on any atom is 0.382 e. The minimum absolute atomic E-state index is 0.0209. The van der Waals surface area contributed by atoms with Crippen LogP contribution < -0.4 is 4.57 Å². The van der Waals surface area contributed by atoms with Gasteiger partial charge in [0.05, 0.1) is 20.1 Å². The van der Waals surface area contributed by atoms with Crippen LogP contribution in [0.15, 0.2) is 42.9 Å². The molecule has 0 saturated carbocycles. The second-order valence-corrected chi connectivity index (χ2v) is 5.95. The summed E-state index contributed by atoms with van der Waals surface area (Å²) in [5.41, 5.74) is 1.55. The molecular formula is C19H25N2O4+. The monoisotopic (exact) mass is 345 g/mol. The largest absolute Gasteiger partial charge is 0.469 e. The molecule has 0 spiro atoms. The Morgan fingerprint density at radius 2 is 1.88 bits per heavy atom. The van der Waals surface area contributed by atoms with Crippen LogP contribution in [0, 0.1) is 0 Å². The standard InChI is InChI=1S/C19H25N2O4/c1-5-20-12-17(19(23)25-14(2)11-18(22)24-4)21(13-20)15(3)16-9-7-6-8-10-16/h6-10,12-15H,5,11H2,1-4H3/q+1. The third kappa shape index (κ3) is 4.68. The lowest BCUT2D eigenvalue weighted by Crippen LogP contribution is -2.29. The second kappa shape index (κ2) is 8.46. The highest BCUT2D eigenvalue weighted by Crippen LogP contribution is 2.20. The van der Waals surface area contributed by atoms with Crippen molar-refractivity contribution in [2.24, 2.45) is 0 Å². The molecule has 6 nitrogen and oxygen atoms in total. The zero-order chi connectivity index (χ0) is 18.4. The molecule has 6 heteroatoms. The average molecular weight is 345 g/mol. The van der Waals surface area contributed by atoms with E-state index in [0.717, 1.165) is 12.1 Å². The minimum Gasteiger partial charge on any atom is -0.469 e. The van der Waals surface area contributed by atoms with Crippen LogP contribution in [0.4, 0.5) is 0 Å². The Balaban J connectivity index is 2.23. The number of nitrogens with zero attached hydrogens (tertiary/aromatic N) is 2. The molecule has 2 atom stereocenters. The van der Waals surface area contributed by atoms with Crippen molar-refractivity contribution < 1.29 is 23.6 Å². The van der Waals surface area contributed by atoms with Crippen molar-refractivity contribution in [3.8, 4) is 0 Å². The minimum atomic E-state index is -0.551. The number of hydrogen-bond acceptors (Lipinski definition) is 4. The van der Waals surface area contributed by atoms with Gasteiger partial charge in [-0.3, -0.25) is 4.79 Å². The zero-order valence-electron chi connectivity index (χ0n) is 15.1. The number of carbonyl (C=O) groups excluding carboxylic acids is 2. The van der Waals surface area contributed by atoms with Crippen molar-refractivity contribution in [1.82, 2.24) is 4.57 Å². The summed E-state index contributed by atoms with van der Waals surface area (Å²) in [6.07, 6.45) is 3.15. The first kappa shape index (κ1) is 18.7. The highest BCUT2D eigenvalue weighted by molar-refractivity contribution is 5.87. The van der Waals surface area contributed by atoms with E-state index in [0.29, 0.717) is 5.69 Å². The summed E-state index contributed by atoms with van der Waals surface area (Å²) in [5, 5.41) is 0. The number of hydrogen-bond donors (Lipinski definition) is 0. The van der Waals surface area contributed by atoms with E-state index in [1.807, 2.05) is 59.6 Å². The first-order valence-electron chi connectivity index (χ1n) is 8.39. The lowest BCUT2D eigenvalue weighted by atomic mass is 10.1. The van der Waals surface area contributed by atoms with E-state index in [-0.39, 0.29) is 12.5 Å². The summed E-state index contributed by atoms with van der Waals surface area (Å²) in [6.45, 7) is 6.46. The van der Waals surface area contributed by atoms with Crippen LogP contribution >= 0.6 is 0 Å². The van der Waals surface area contributed by atoms with Gasteiger partial charge in [-0.05, 0) is 26.3 Å². The molecule has 2 aromatic rings. The third-order valence-electron chi connectivity index (χ3n) is 4.10. The number of aryl methyl sites for hydroxylation is 1. The van der Waals surface area contributed by atoms with Gasteiger partial charge in [0, 0.05) is 0 Å². The van der Waals surface area contributed by atoms with E-state index in [1.165, 1.54) is 7.11 Å². The van der Waals surface area contributed by atoms with E-state index in [2.05, 4.69) is 4.74 Å². The van der Waals surface area contributed by atoms with Crippen LogP contribution in [0.5, 0.6) is 0 Å². The molecule has 25 heavy (non-hydrogen) atoms. The number of rotatable bonds is 7. The molecule has 0 aliphatic heterocycles. The SMILES string of the molecule is CC[n+]1cc(C(=O)OC(C)CC(=O)OC)n(C(C)c2ccccc2)c1. The lowest BCUT2D eigenvalue weighted by molar-refractivity contribution is -0.693. The Kier molecular flexibility index (Phi) is 6.33. The van der Waals surface area contributed by atoms with E-state index >= 15 is 0 Å². The van der Waals surface area contributed by atoms with Gasteiger partial charge in [-0.1, -0.05) is 30.3 Å². The summed E-state index contributed by atoms with van der Waals surface area (Å²) in [7, 11) is 1.31. The Labute approximate surface area is 148 Å². The van der Waals surface area contributed by atoms with Crippen LogP contribution in [-0.4, -0.2) is 29.7 Å². The van der Waals surface area contributed by atoms with Crippen molar-refractivity contribution >= 4 is 11.9 Å². The van der Waals surface area contributed by atoms with Gasteiger partial charge in [-0.25, -0.2) is 13.9 Å². The summed E-state index contributed by atoms with van der Waals surface area (Å²) < 4.78 is 13.9. The molecule has 0 fully saturated rings. The van der Waals surface area contributed by atoms with Gasteiger partial charge in [-0.15, -0.1) is 0 Å². The maximum atomic E-state index is 12.6. The molecule has 0 aliphatic rings. The molecule has 0 bridgehead atoms. The molecule has 2 rings (SSSR count). The van der Waals surface area contributed by atoms with Gasteiger partial charge < -0.3 is 9.47 Å². The Morgan fingerprint density at radius 1 is 1.20 bits per heavy atom. The number of carbonyl (C=O) groups is 2. The van der Waals surface area contributed by atoms with Crippen molar-refractivity contribution in [3.05, 3.63) is 54.1 Å². The predicted octanol–water partition coefficient (Wildman–Crippen LogP) is 2.51. The van der Waals surface area contributed by atoms with Crippen molar-refractivity contribution in [3.63, 3.8) is 0 Å². The average Bonchev–Trinajstić information content (AvgIpc) is 3.06. The van der Waals surface area contributed by atoms with E-state index in [4.69, 9.17) is 4.74 Å². The Hall–Kier alpha value is -2.63. The number of methoxy groups -OCH3 is 1. The quantitative estimate of drug-likeness (QED) is 0.571. The molecule has 134 valence electrons. The topological polar surface area (TPSA) is 61.4 Å². The summed E-state index contributed by atoms with van der Waals surface area (Å²) in [6, 6.07) is 9.93. The van der Waals surface area contributed by atoms with Gasteiger partial charge in [0.1, 0.15) is 18.3 Å². The van der Waals surface area contributed by atoms with Crippen LogP contribution in [0.2, 0.25) is 0 Å². The zero-order valence-corrected chi connectivity index (χ0v) is 15.1. The predicted molar refractivity (Wildman–Crippen MR) is 92.1 cm³/mol. The van der Waals surface area contributed by atoms with Gasteiger partial charge in [0.25, 0.3) is 5.69 Å². The number of imidazole rings is 1. The van der Waals surface area contributed by atoms with Crippen LogP contribution in [0.3, 0.4) is 0 Å². The van der Waals surface area contributed by atoms with Crippen molar-refractivity contribution in [1.29, 1.82) is 0 Å². The van der Waals surface area contributed by atoms with Gasteiger partial charge in [0.2, 0.25) is 6.33 Å². The molecule has 1 heterocycles. The van der Waals surface area contributed by atoms with Crippen molar-refractivity contribution in [2.75, 3.05) is 7.11 Å². The van der Waals surface area contributed by atoms with Gasteiger partial charge >= 0.3 is 11.9 Å². The lowest BCUT2D eigenvalue weighted by Gasteiger charge is -2.13. The normalized spacial score (nSPS) is 13.1. The highest BCUT2D eigenvalue weighted by atomic mass is 16.6. The number of esters is 2. The molecule has 1 aromatic carbocycles. The van der Waals surface area contributed by atoms with E-state index < -0.39 is 18.0 Å². The van der Waals surface area contributed by atoms with Gasteiger partial charge in [0.15, 0.2) is 0 Å². The molecule has 0 amide bonds. The summed E-state index contributed by atoms with van der Waals surface area (Å²) in [5.74, 6) is -0.858. The molecule has 1 aromatic heterocycles. The number of aromatic nitrogens is 2. The van der Waals surface area contributed by atoms with Crippen molar-refractivity contribution in [2.45, 2.75) is 45.9 Å². The first-order valence-corrected chi connectivity index (χ1v) is 8.39. The fraction of sp³-hybridized carbons (Fsp3) is 0.421. The van der Waals surface area contributed by atoms with E-state index in [9.17, 15) is 9.59 Å². The molecular weight excluding hydrogens is 320 g/mol. The van der Waals surface area contributed by atoms with Crippen LogP contribution in [-0.2, 0) is 20.8 Å². The molecule has 2 unspecified atom stereocenters. The molecule has 0 saturated heterocycles. The van der Waals surface area contributed by atoms with E-state index in [1.54, 1.807) is 13.1 Å².